The topological polar surface area (TPSA) is 83.9 Å². The molecule has 1 aromatic carbocycles. The van der Waals surface area contributed by atoms with Gasteiger partial charge in [-0.05, 0) is 87.7 Å². The van der Waals surface area contributed by atoms with E-state index in [1.54, 1.807) is 25.1 Å². The molecule has 2 heterocycles. The number of methoxy groups -OCH3 is 1. The minimum Gasteiger partial charge on any atom is -0.497 e. The number of allylic oxidation sites excluding steroid dienone is 3. The minimum absolute atomic E-state index is 0.125. The van der Waals surface area contributed by atoms with Crippen LogP contribution in [-0.2, 0) is 4.74 Å². The van der Waals surface area contributed by atoms with Gasteiger partial charge in [-0.1, -0.05) is 35.9 Å². The zero-order chi connectivity index (χ0) is 26.7. The molecule has 2 aliphatic rings. The van der Waals surface area contributed by atoms with Crippen LogP contribution in [0.15, 0.2) is 71.2 Å². The Morgan fingerprint density at radius 2 is 2.16 bits per heavy atom. The van der Waals surface area contributed by atoms with Crippen molar-refractivity contribution in [1.82, 2.24) is 14.6 Å². The maximum Gasteiger partial charge on any atom is 0.270 e. The van der Waals surface area contributed by atoms with Crippen LogP contribution in [0.25, 0.3) is 0 Å². The van der Waals surface area contributed by atoms with Gasteiger partial charge in [0.2, 0.25) is 0 Å². The Morgan fingerprint density at radius 1 is 1.29 bits per heavy atom. The number of carbonyl (C=O) groups is 1. The van der Waals surface area contributed by atoms with Gasteiger partial charge in [-0.15, -0.1) is 0 Å². The summed E-state index contributed by atoms with van der Waals surface area (Å²) in [7, 11) is 1.66. The summed E-state index contributed by atoms with van der Waals surface area (Å²) in [5.41, 5.74) is 2.37. The Morgan fingerprint density at radius 3 is 2.95 bits per heavy atom. The van der Waals surface area contributed by atoms with Gasteiger partial charge in [0.25, 0.3) is 5.91 Å². The van der Waals surface area contributed by atoms with Crippen molar-refractivity contribution in [1.29, 1.82) is 0 Å². The van der Waals surface area contributed by atoms with E-state index >= 15 is 0 Å². The molecule has 7 nitrogen and oxygen atoms in total. The Kier molecular flexibility index (Phi) is 10.8. The molecule has 204 valence electrons. The molecule has 38 heavy (non-hydrogen) atoms. The van der Waals surface area contributed by atoms with Crippen LogP contribution in [0.1, 0.15) is 54.7 Å². The summed E-state index contributed by atoms with van der Waals surface area (Å²) < 4.78 is 13.5. The summed E-state index contributed by atoms with van der Waals surface area (Å²) in [6, 6.07) is 12.9. The number of nitrogens with one attached hydrogen (secondary N) is 1. The molecule has 1 fully saturated rings. The maximum atomic E-state index is 13.2. The zero-order valence-corrected chi connectivity index (χ0v) is 23.2. The molecule has 1 aromatic heterocycles. The van der Waals surface area contributed by atoms with E-state index in [0.717, 1.165) is 55.0 Å². The highest BCUT2D eigenvalue weighted by Gasteiger charge is 2.28. The lowest BCUT2D eigenvalue weighted by Crippen LogP contribution is -2.48. The molecule has 2 aromatic rings. The molecule has 2 N–H and O–H groups in total. The van der Waals surface area contributed by atoms with E-state index in [0.29, 0.717) is 25.2 Å². The number of amides is 1. The Balaban J connectivity index is 1.52. The van der Waals surface area contributed by atoms with E-state index in [2.05, 4.69) is 32.8 Å². The molecule has 1 aliphatic heterocycles. The maximum absolute atomic E-state index is 13.2. The normalized spacial score (nSPS) is 19.1. The largest absolute Gasteiger partial charge is 0.497 e. The Bertz CT molecular complexity index is 1120. The first kappa shape index (κ1) is 28.4. The predicted octanol–water partition coefficient (Wildman–Crippen LogP) is 5.10. The van der Waals surface area contributed by atoms with Gasteiger partial charge in [0.15, 0.2) is 0 Å². The van der Waals surface area contributed by atoms with Gasteiger partial charge >= 0.3 is 0 Å². The molecule has 3 atom stereocenters. The molecule has 0 saturated carbocycles. The molecule has 0 bridgehead atoms. The van der Waals surface area contributed by atoms with Crippen molar-refractivity contribution in [2.75, 3.05) is 26.8 Å². The van der Waals surface area contributed by atoms with Crippen LogP contribution in [0, 0.1) is 6.92 Å². The number of pyridine rings is 1. The summed E-state index contributed by atoms with van der Waals surface area (Å²) in [4.78, 5) is 18.6. The quantitative estimate of drug-likeness (QED) is 0.364. The summed E-state index contributed by atoms with van der Waals surface area (Å²) in [5.74, 6) is 0.519. The van der Waals surface area contributed by atoms with Crippen molar-refractivity contribution in [3.05, 3.63) is 77.7 Å². The lowest BCUT2D eigenvalue weighted by molar-refractivity contribution is 0.0648. The molecule has 1 amide bonds. The van der Waals surface area contributed by atoms with Gasteiger partial charge in [-0.25, -0.2) is 9.29 Å². The van der Waals surface area contributed by atoms with E-state index in [4.69, 9.17) is 9.47 Å². The number of benzene rings is 1. The Labute approximate surface area is 230 Å². The number of nitrogens with zero attached hydrogens (tertiary/aromatic N) is 2. The average molecular weight is 538 g/mol. The van der Waals surface area contributed by atoms with Crippen LogP contribution in [-0.4, -0.2) is 65.4 Å². The zero-order valence-electron chi connectivity index (χ0n) is 22.3. The molecule has 4 rings (SSSR count). The molecule has 3 unspecified atom stereocenters. The number of hydrogen-bond acceptors (Lipinski definition) is 7. The van der Waals surface area contributed by atoms with Crippen molar-refractivity contribution >= 4 is 17.9 Å². The second kappa shape index (κ2) is 14.5. The van der Waals surface area contributed by atoms with Crippen molar-refractivity contribution in [2.45, 2.75) is 68.6 Å². The average Bonchev–Trinajstić information content (AvgIpc) is 3.29. The molecule has 0 radical (unpaired) electrons. The van der Waals surface area contributed by atoms with Gasteiger partial charge in [0.05, 0.1) is 25.4 Å². The van der Waals surface area contributed by atoms with E-state index in [1.165, 1.54) is 5.57 Å². The van der Waals surface area contributed by atoms with Gasteiger partial charge in [-0.3, -0.25) is 4.79 Å². The highest BCUT2D eigenvalue weighted by atomic mass is 32.2. The minimum atomic E-state index is -0.795. The lowest BCUT2D eigenvalue weighted by Gasteiger charge is -2.31. The van der Waals surface area contributed by atoms with Crippen molar-refractivity contribution < 1.29 is 19.4 Å². The first-order chi connectivity index (χ1) is 18.5. The third kappa shape index (κ3) is 8.70. The van der Waals surface area contributed by atoms with Crippen molar-refractivity contribution in [3.8, 4) is 5.75 Å². The molecule has 1 aliphatic carbocycles. The van der Waals surface area contributed by atoms with Crippen LogP contribution >= 0.6 is 11.9 Å². The number of aliphatic hydroxyl groups excluding tert-OH is 1. The molecular weight excluding hydrogens is 498 g/mol. The van der Waals surface area contributed by atoms with Crippen LogP contribution < -0.4 is 10.1 Å². The predicted molar refractivity (Wildman–Crippen MR) is 151 cm³/mol. The summed E-state index contributed by atoms with van der Waals surface area (Å²) in [6.45, 7) is 3.70. The van der Waals surface area contributed by atoms with Gasteiger partial charge < -0.3 is 19.9 Å². The molecule has 1 saturated heterocycles. The summed E-state index contributed by atoms with van der Waals surface area (Å²) >= 11 is 1.58. The fraction of sp³-hybridized carbons (Fsp3) is 0.467. The smallest absolute Gasteiger partial charge is 0.270 e. The van der Waals surface area contributed by atoms with E-state index in [9.17, 15) is 9.90 Å². The van der Waals surface area contributed by atoms with Crippen molar-refractivity contribution in [2.24, 2.45) is 0 Å². The van der Waals surface area contributed by atoms with Crippen LogP contribution in [0.4, 0.5) is 0 Å². The lowest BCUT2D eigenvalue weighted by atomic mass is 9.97. The number of rotatable bonds is 12. The molecule has 8 heteroatoms. The monoisotopic (exact) mass is 537 g/mol. The Hall–Kier alpha value is -2.65. The highest BCUT2D eigenvalue weighted by molar-refractivity contribution is 7.97. The van der Waals surface area contributed by atoms with E-state index in [1.807, 2.05) is 43.3 Å². The summed E-state index contributed by atoms with van der Waals surface area (Å²) in [6.07, 6.45) is 11.4. The third-order valence-electron chi connectivity index (χ3n) is 6.82. The van der Waals surface area contributed by atoms with E-state index in [-0.39, 0.29) is 12.0 Å². The summed E-state index contributed by atoms with van der Waals surface area (Å²) in [5, 5.41) is 14.7. The van der Waals surface area contributed by atoms with Gasteiger partial charge in [0.1, 0.15) is 11.4 Å². The molecule has 0 spiro atoms. The number of aliphatic hydroxyl groups is 1. The van der Waals surface area contributed by atoms with Gasteiger partial charge in [-0.2, -0.15) is 0 Å². The van der Waals surface area contributed by atoms with E-state index < -0.39 is 12.1 Å². The standard InChI is InChI=1S/C30H39N3O4S/c1-22-10-7-16-27(31-22)30(35)32-28(18-23-11-5-3-4-6-12-23)29(34)21-33(20-25-14-9-17-37-25)38-26-15-8-13-24(19-26)36-2/h3,5,7-8,10-11,13,15-16,19,25,28-29,34H,4,6,9,12,14,17-18,20-21H2,1-2H3,(H,32,35). The fourth-order valence-electron chi connectivity index (χ4n) is 4.79. The first-order valence-electron chi connectivity index (χ1n) is 13.5. The molecular formula is C30H39N3O4S. The number of carbonyl (C=O) groups excluding carboxylic acids is 1. The van der Waals surface area contributed by atoms with Crippen molar-refractivity contribution in [3.63, 3.8) is 0 Å². The number of hydrogen-bond donors (Lipinski definition) is 2. The SMILES string of the molecule is COc1cccc(SN(CC2CCCO2)CC(O)C(CC2=CC=CCCC2)NC(=O)c2cccc(C)n2)c1. The number of aromatic nitrogens is 1. The second-order valence-electron chi connectivity index (χ2n) is 9.91. The second-order valence-corrected chi connectivity index (χ2v) is 11.1. The van der Waals surface area contributed by atoms with Crippen LogP contribution in [0.3, 0.4) is 0 Å². The van der Waals surface area contributed by atoms with Gasteiger partial charge in [0, 0.05) is 30.3 Å². The number of ether oxygens (including phenoxy) is 2. The van der Waals surface area contributed by atoms with Crippen LogP contribution in [0.5, 0.6) is 5.75 Å². The first-order valence-corrected chi connectivity index (χ1v) is 14.2. The fourth-order valence-corrected chi connectivity index (χ4v) is 5.86. The third-order valence-corrected chi connectivity index (χ3v) is 7.84. The number of aryl methyl sites for hydroxylation is 1. The van der Waals surface area contributed by atoms with Crippen LogP contribution in [0.2, 0.25) is 0 Å². The highest BCUT2D eigenvalue weighted by Crippen LogP contribution is 2.29.